The van der Waals surface area contributed by atoms with E-state index in [2.05, 4.69) is 296 Å². The number of hydrogen-bond donors (Lipinski definition) is 0. The Hall–Kier alpha value is -7.34. The molecule has 4 heterocycles. The third kappa shape index (κ3) is 8.47. The van der Waals surface area contributed by atoms with Crippen LogP contribution in [-0.2, 0) is 38.9 Å². The van der Waals surface area contributed by atoms with Crippen molar-refractivity contribution in [1.29, 1.82) is 0 Å². The molecule has 0 spiro atoms. The lowest BCUT2D eigenvalue weighted by atomic mass is 9.33. The maximum Gasteiger partial charge on any atom is 0.252 e. The van der Waals surface area contributed by atoms with Gasteiger partial charge in [0.05, 0.1) is 27.3 Å². The monoisotopic (exact) mass is 1170 g/mol. The van der Waals surface area contributed by atoms with Gasteiger partial charge in [0.2, 0.25) is 0 Å². The molecule has 2 aliphatic carbocycles. The average molecular weight is 1170 g/mol. The summed E-state index contributed by atoms with van der Waals surface area (Å²) in [7, 11) is 0. The van der Waals surface area contributed by atoms with Crippen molar-refractivity contribution in [2.45, 2.75) is 188 Å². The summed E-state index contributed by atoms with van der Waals surface area (Å²) in [4.78, 5) is 8.36. The number of nitrogens with zero attached hydrogens (tertiary/aromatic N) is 3. The van der Waals surface area contributed by atoms with Crippen LogP contribution in [0.1, 0.15) is 188 Å². The molecular formula is C83H88BN3S. The predicted molar refractivity (Wildman–Crippen MR) is 383 cm³/mol. The Labute approximate surface area is 529 Å². The molecule has 15 rings (SSSR count). The van der Waals surface area contributed by atoms with Crippen molar-refractivity contribution in [1.82, 2.24) is 0 Å². The second-order valence-corrected chi connectivity index (χ2v) is 33.6. The molecule has 10 aromatic rings. The maximum absolute atomic E-state index is 2.83. The van der Waals surface area contributed by atoms with Crippen LogP contribution in [0.15, 0.2) is 164 Å². The second-order valence-electron chi connectivity index (χ2n) is 32.6. The van der Waals surface area contributed by atoms with Crippen molar-refractivity contribution in [2.75, 3.05) is 14.7 Å². The summed E-state index contributed by atoms with van der Waals surface area (Å²) in [5.41, 5.74) is 30.2. The van der Waals surface area contributed by atoms with Gasteiger partial charge in [-0.15, -0.1) is 11.3 Å². The largest absolute Gasteiger partial charge is 0.334 e. The van der Waals surface area contributed by atoms with E-state index in [4.69, 9.17) is 0 Å². The molecule has 0 N–H and O–H groups in total. The van der Waals surface area contributed by atoms with Gasteiger partial charge in [0, 0.05) is 60.5 Å². The molecule has 3 aliphatic heterocycles. The van der Waals surface area contributed by atoms with E-state index in [1.807, 2.05) is 11.3 Å². The molecule has 5 aliphatic rings. The minimum Gasteiger partial charge on any atom is -0.334 e. The highest BCUT2D eigenvalue weighted by Gasteiger charge is 2.58. The summed E-state index contributed by atoms with van der Waals surface area (Å²) in [6.07, 6.45) is 5.71. The average Bonchev–Trinajstić information content (AvgIpc) is 1.45. The summed E-state index contributed by atoms with van der Waals surface area (Å²) in [5, 5.41) is 2.66. The van der Waals surface area contributed by atoms with Crippen molar-refractivity contribution in [3.8, 4) is 22.3 Å². The number of hydrogen-bond acceptors (Lipinski definition) is 4. The van der Waals surface area contributed by atoms with E-state index in [9.17, 15) is 0 Å². The minimum absolute atomic E-state index is 0.00663. The van der Waals surface area contributed by atoms with E-state index in [1.165, 1.54) is 168 Å². The molecule has 88 heavy (non-hydrogen) atoms. The summed E-state index contributed by atoms with van der Waals surface area (Å²) in [5.74, 6) is 0. The van der Waals surface area contributed by atoms with Crippen LogP contribution in [0.25, 0.3) is 42.4 Å². The fourth-order valence-corrected chi connectivity index (χ4v) is 17.6. The molecule has 9 aromatic carbocycles. The maximum atomic E-state index is 2.83. The summed E-state index contributed by atoms with van der Waals surface area (Å²) >= 11 is 1.98. The van der Waals surface area contributed by atoms with Crippen molar-refractivity contribution in [3.63, 3.8) is 0 Å². The first-order valence-corrected chi connectivity index (χ1v) is 33.7. The lowest BCUT2D eigenvalue weighted by Crippen LogP contribution is -2.61. The molecule has 0 amide bonds. The Kier molecular flexibility index (Phi) is 12.4. The highest BCUT2D eigenvalue weighted by molar-refractivity contribution is 7.26. The Bertz CT molecular complexity index is 4560. The molecule has 2 unspecified atom stereocenters. The SMILES string of the molecule is CC(C)(C)c1ccc2c(c1)-c1c(cccc1N1c3cc(N4c5ccc(C(C)(C)C)cc5C5(C)CCCCC45C)ccc3B3c4ccc5c(sc6ccc(C(C)(C)C)cc65)c4N(c4ccc(C(C)(C)C)cc4-c4ccccc4)c4cc(C(C)(C)C)cc1c43)C2. The number of rotatable bonds is 4. The molecule has 5 heteroatoms. The molecule has 1 fully saturated rings. The first kappa shape index (κ1) is 57.1. The van der Waals surface area contributed by atoms with E-state index in [0.29, 0.717) is 0 Å². The Morgan fingerprint density at radius 2 is 1.03 bits per heavy atom. The molecule has 2 atom stereocenters. The van der Waals surface area contributed by atoms with Crippen molar-refractivity contribution >= 4 is 100 Å². The summed E-state index contributed by atoms with van der Waals surface area (Å²) in [6.45, 7) is 40.7. The molecule has 3 nitrogen and oxygen atoms in total. The Balaban J connectivity index is 1.08. The summed E-state index contributed by atoms with van der Waals surface area (Å²) in [6, 6.07) is 66.1. The van der Waals surface area contributed by atoms with Crippen molar-refractivity contribution < 1.29 is 0 Å². The van der Waals surface area contributed by atoms with Crippen molar-refractivity contribution in [2.24, 2.45) is 0 Å². The van der Waals surface area contributed by atoms with E-state index in [-0.39, 0.29) is 44.7 Å². The van der Waals surface area contributed by atoms with Gasteiger partial charge in [0.25, 0.3) is 6.71 Å². The highest BCUT2D eigenvalue weighted by atomic mass is 32.1. The third-order valence-electron chi connectivity index (χ3n) is 21.8. The van der Waals surface area contributed by atoms with Gasteiger partial charge in [-0.3, -0.25) is 0 Å². The van der Waals surface area contributed by atoms with E-state index >= 15 is 0 Å². The third-order valence-corrected chi connectivity index (χ3v) is 23.0. The Morgan fingerprint density at radius 1 is 0.432 bits per heavy atom. The highest BCUT2D eigenvalue weighted by Crippen LogP contribution is 2.62. The van der Waals surface area contributed by atoms with Crippen LogP contribution < -0.4 is 31.1 Å². The number of benzene rings is 9. The Morgan fingerprint density at radius 3 is 1.73 bits per heavy atom. The van der Waals surface area contributed by atoms with Crippen molar-refractivity contribution in [3.05, 3.63) is 208 Å². The number of anilines is 8. The molecule has 1 saturated carbocycles. The van der Waals surface area contributed by atoms with E-state index < -0.39 is 0 Å². The van der Waals surface area contributed by atoms with Gasteiger partial charge in [-0.05, 0) is 186 Å². The topological polar surface area (TPSA) is 9.72 Å². The predicted octanol–water partition coefficient (Wildman–Crippen LogP) is 21.6. The molecule has 0 bridgehead atoms. The zero-order chi connectivity index (χ0) is 61.7. The van der Waals surface area contributed by atoms with Crippen LogP contribution in [0.2, 0.25) is 0 Å². The number of thiophene rings is 1. The lowest BCUT2D eigenvalue weighted by molar-refractivity contribution is 0.195. The van der Waals surface area contributed by atoms with Gasteiger partial charge in [0.15, 0.2) is 0 Å². The normalized spacial score (nSPS) is 18.7. The standard InChI is InChI=1S/C83H88BN3S/c1-77(2,3)53-29-28-51-42-52-26-23-27-68(73(52)61(51)44-53)85-69-49-58(87-67-38-31-56(80(10,11)12)46-63(67)82(16)40-21-22-41-83(82,87)17)33-35-64(69)84-65-36-34-59-62-45-55(79(7,8)9)32-39-72(62)88-76(59)75(65)86(71-48-57(81(13,14)15)47-70(85)74(71)84)66-37-30-54(78(4,5)6)43-60(66)50-24-19-18-20-25-50/h18-20,23-39,43-49H,21-22,40-42H2,1-17H3. The molecule has 444 valence electrons. The van der Waals surface area contributed by atoms with Crippen LogP contribution in [0, 0.1) is 0 Å². The van der Waals surface area contributed by atoms with Gasteiger partial charge < -0.3 is 14.7 Å². The lowest BCUT2D eigenvalue weighted by Gasteiger charge is -2.51. The van der Waals surface area contributed by atoms with Crippen LogP contribution in [-0.4, -0.2) is 12.3 Å². The zero-order valence-electron chi connectivity index (χ0n) is 55.5. The van der Waals surface area contributed by atoms with Gasteiger partial charge in [-0.1, -0.05) is 227 Å². The van der Waals surface area contributed by atoms with Crippen LogP contribution in [0.3, 0.4) is 0 Å². The van der Waals surface area contributed by atoms with Gasteiger partial charge in [-0.2, -0.15) is 0 Å². The number of fused-ring (bicyclic) bond motifs is 14. The molecule has 1 aromatic heterocycles. The quantitative estimate of drug-likeness (QED) is 0.163. The smallest absolute Gasteiger partial charge is 0.252 e. The molecular weight excluding hydrogens is 1080 g/mol. The fourth-order valence-electron chi connectivity index (χ4n) is 16.4. The van der Waals surface area contributed by atoms with Crippen LogP contribution in [0.4, 0.5) is 45.5 Å². The van der Waals surface area contributed by atoms with Gasteiger partial charge >= 0.3 is 0 Å². The first-order chi connectivity index (χ1) is 41.5. The van der Waals surface area contributed by atoms with Crippen LogP contribution >= 0.6 is 11.3 Å². The van der Waals surface area contributed by atoms with Crippen LogP contribution in [0.5, 0.6) is 0 Å². The second kappa shape index (κ2) is 19.1. The zero-order valence-corrected chi connectivity index (χ0v) is 56.3. The molecule has 0 radical (unpaired) electrons. The summed E-state index contributed by atoms with van der Waals surface area (Å²) < 4.78 is 2.67. The van der Waals surface area contributed by atoms with Gasteiger partial charge in [-0.25, -0.2) is 0 Å². The fraction of sp³-hybridized carbons (Fsp3) is 0.349. The minimum atomic E-state index is -0.204. The van der Waals surface area contributed by atoms with E-state index in [0.717, 1.165) is 12.8 Å². The van der Waals surface area contributed by atoms with E-state index in [1.54, 1.807) is 0 Å². The first-order valence-electron chi connectivity index (χ1n) is 32.9. The molecule has 0 saturated heterocycles. The van der Waals surface area contributed by atoms with Gasteiger partial charge in [0.1, 0.15) is 0 Å².